The zero-order valence-corrected chi connectivity index (χ0v) is 8.06. The molecule has 1 aromatic carbocycles. The third-order valence-corrected chi connectivity index (χ3v) is 1.73. The molecule has 0 aliphatic rings. The van der Waals surface area contributed by atoms with Gasteiger partial charge in [-0.3, -0.25) is 0 Å². The van der Waals surface area contributed by atoms with E-state index in [-0.39, 0.29) is 5.75 Å². The Morgan fingerprint density at radius 1 is 1.40 bits per heavy atom. The molecular weight excluding hydrogens is 205 g/mol. The fraction of sp³-hybridized carbons (Fsp3) is 0.273. The quantitative estimate of drug-likeness (QED) is 0.688. The van der Waals surface area contributed by atoms with Crippen LogP contribution in [0.5, 0.6) is 5.75 Å². The maximum atomic E-state index is 11.9. The van der Waals surface area contributed by atoms with Crippen molar-refractivity contribution in [2.75, 3.05) is 6.61 Å². The van der Waals surface area contributed by atoms with Crippen LogP contribution in [-0.4, -0.2) is 12.8 Å². The molecule has 15 heavy (non-hydrogen) atoms. The molecule has 0 bridgehead atoms. The largest absolute Gasteiger partial charge is 0.484 e. The molecular formula is C11H9F3O. The van der Waals surface area contributed by atoms with Gasteiger partial charge < -0.3 is 4.74 Å². The highest BCUT2D eigenvalue weighted by atomic mass is 19.4. The highest BCUT2D eigenvalue weighted by Gasteiger charge is 2.28. The van der Waals surface area contributed by atoms with E-state index in [1.54, 1.807) is 19.1 Å². The van der Waals surface area contributed by atoms with Gasteiger partial charge in [-0.1, -0.05) is 5.92 Å². The maximum Gasteiger partial charge on any atom is 0.422 e. The summed E-state index contributed by atoms with van der Waals surface area (Å²) in [5, 5.41) is 0. The predicted molar refractivity (Wildman–Crippen MR) is 50.7 cm³/mol. The number of ether oxygens (including phenoxy) is 1. The van der Waals surface area contributed by atoms with Crippen molar-refractivity contribution in [3.63, 3.8) is 0 Å². The summed E-state index contributed by atoms with van der Waals surface area (Å²) in [6.45, 7) is 0.357. The number of alkyl halides is 3. The number of terminal acetylenes is 1. The number of halogens is 3. The summed E-state index contributed by atoms with van der Waals surface area (Å²) >= 11 is 0. The van der Waals surface area contributed by atoms with E-state index in [0.29, 0.717) is 11.1 Å². The number of aryl methyl sites for hydroxylation is 1. The lowest BCUT2D eigenvalue weighted by molar-refractivity contribution is -0.153. The summed E-state index contributed by atoms with van der Waals surface area (Å²) in [5.41, 5.74) is 1.21. The van der Waals surface area contributed by atoms with Crippen molar-refractivity contribution in [3.05, 3.63) is 29.3 Å². The zero-order valence-electron chi connectivity index (χ0n) is 8.06. The highest BCUT2D eigenvalue weighted by Crippen LogP contribution is 2.22. The minimum Gasteiger partial charge on any atom is -0.484 e. The van der Waals surface area contributed by atoms with Crippen molar-refractivity contribution in [2.45, 2.75) is 13.1 Å². The molecule has 0 fully saturated rings. The van der Waals surface area contributed by atoms with Crippen LogP contribution < -0.4 is 4.74 Å². The van der Waals surface area contributed by atoms with Gasteiger partial charge in [-0.15, -0.1) is 6.42 Å². The van der Waals surface area contributed by atoms with Crippen LogP contribution in [0.1, 0.15) is 11.1 Å². The molecule has 0 spiro atoms. The van der Waals surface area contributed by atoms with Crippen LogP contribution in [0, 0.1) is 19.3 Å². The second kappa shape index (κ2) is 4.26. The SMILES string of the molecule is C#Cc1ccc(OCC(F)(F)F)c(C)c1. The number of hydrogen-bond acceptors (Lipinski definition) is 1. The van der Waals surface area contributed by atoms with Gasteiger partial charge in [0.05, 0.1) is 0 Å². The summed E-state index contributed by atoms with van der Waals surface area (Å²) in [6.07, 6.45) is 0.819. The van der Waals surface area contributed by atoms with Crippen LogP contribution in [0.4, 0.5) is 13.2 Å². The lowest BCUT2D eigenvalue weighted by Crippen LogP contribution is -2.19. The maximum absolute atomic E-state index is 11.9. The standard InChI is InChI=1S/C11H9F3O/c1-3-9-4-5-10(8(2)6-9)15-7-11(12,13)14/h1,4-6H,7H2,2H3. The second-order valence-corrected chi connectivity index (χ2v) is 3.03. The number of rotatable bonds is 2. The molecule has 0 saturated heterocycles. The molecule has 0 atom stereocenters. The first kappa shape index (κ1) is 11.4. The van der Waals surface area contributed by atoms with Gasteiger partial charge in [0, 0.05) is 5.56 Å². The van der Waals surface area contributed by atoms with Gasteiger partial charge in [-0.2, -0.15) is 13.2 Å². The second-order valence-electron chi connectivity index (χ2n) is 3.03. The molecule has 0 N–H and O–H groups in total. The number of benzene rings is 1. The van der Waals surface area contributed by atoms with Gasteiger partial charge in [0.1, 0.15) is 5.75 Å². The van der Waals surface area contributed by atoms with E-state index in [1.807, 2.05) is 0 Å². The van der Waals surface area contributed by atoms with Gasteiger partial charge in [0.2, 0.25) is 0 Å². The van der Waals surface area contributed by atoms with E-state index in [2.05, 4.69) is 10.7 Å². The molecule has 1 nitrogen and oxygen atoms in total. The highest BCUT2D eigenvalue weighted by molar-refractivity contribution is 5.42. The molecule has 0 saturated carbocycles. The van der Waals surface area contributed by atoms with Gasteiger partial charge in [0.25, 0.3) is 0 Å². The Balaban J connectivity index is 2.76. The molecule has 0 aliphatic heterocycles. The Hall–Kier alpha value is -1.63. The van der Waals surface area contributed by atoms with Crippen LogP contribution in [-0.2, 0) is 0 Å². The summed E-state index contributed by atoms with van der Waals surface area (Å²) in [5.74, 6) is 2.59. The summed E-state index contributed by atoms with van der Waals surface area (Å²) in [4.78, 5) is 0. The van der Waals surface area contributed by atoms with Gasteiger partial charge >= 0.3 is 6.18 Å². The van der Waals surface area contributed by atoms with Crippen LogP contribution in [0.2, 0.25) is 0 Å². The van der Waals surface area contributed by atoms with Crippen LogP contribution in [0.15, 0.2) is 18.2 Å². The normalized spacial score (nSPS) is 10.9. The third-order valence-electron chi connectivity index (χ3n) is 1.73. The Morgan fingerprint density at radius 2 is 2.07 bits per heavy atom. The van der Waals surface area contributed by atoms with E-state index in [9.17, 15) is 13.2 Å². The molecule has 0 heterocycles. The fourth-order valence-corrected chi connectivity index (χ4v) is 1.06. The minimum absolute atomic E-state index is 0.200. The fourth-order valence-electron chi connectivity index (χ4n) is 1.06. The van der Waals surface area contributed by atoms with Crippen molar-refractivity contribution in [3.8, 4) is 18.1 Å². The van der Waals surface area contributed by atoms with Crippen molar-refractivity contribution in [2.24, 2.45) is 0 Å². The topological polar surface area (TPSA) is 9.23 Å². The average Bonchev–Trinajstić information content (AvgIpc) is 2.14. The molecule has 0 aliphatic carbocycles. The smallest absolute Gasteiger partial charge is 0.422 e. The number of hydrogen-bond donors (Lipinski definition) is 0. The summed E-state index contributed by atoms with van der Waals surface area (Å²) in [7, 11) is 0. The first-order chi connectivity index (χ1) is 6.92. The molecule has 0 radical (unpaired) electrons. The molecule has 1 aromatic rings. The molecule has 0 unspecified atom stereocenters. The van der Waals surface area contributed by atoms with E-state index >= 15 is 0 Å². The zero-order chi connectivity index (χ0) is 11.5. The first-order valence-electron chi connectivity index (χ1n) is 4.19. The Bertz CT molecular complexity index is 388. The van der Waals surface area contributed by atoms with E-state index < -0.39 is 12.8 Å². The molecule has 0 aromatic heterocycles. The first-order valence-corrected chi connectivity index (χ1v) is 4.19. The average molecular weight is 214 g/mol. The van der Waals surface area contributed by atoms with E-state index in [4.69, 9.17) is 6.42 Å². The third kappa shape index (κ3) is 3.55. The Morgan fingerprint density at radius 3 is 2.53 bits per heavy atom. The van der Waals surface area contributed by atoms with Crippen molar-refractivity contribution < 1.29 is 17.9 Å². The summed E-state index contributed by atoms with van der Waals surface area (Å²) < 4.78 is 40.2. The van der Waals surface area contributed by atoms with E-state index in [0.717, 1.165) is 0 Å². The predicted octanol–water partition coefficient (Wildman–Crippen LogP) is 2.92. The van der Waals surface area contributed by atoms with Crippen LogP contribution in [0.25, 0.3) is 0 Å². The van der Waals surface area contributed by atoms with Crippen molar-refractivity contribution >= 4 is 0 Å². The minimum atomic E-state index is -4.32. The molecule has 4 heteroatoms. The monoisotopic (exact) mass is 214 g/mol. The molecule has 1 rings (SSSR count). The Labute approximate surface area is 85.9 Å². The van der Waals surface area contributed by atoms with Gasteiger partial charge in [-0.05, 0) is 30.7 Å². The lowest BCUT2D eigenvalue weighted by atomic mass is 10.1. The van der Waals surface area contributed by atoms with E-state index in [1.165, 1.54) is 6.07 Å². The van der Waals surface area contributed by atoms with Crippen LogP contribution in [0.3, 0.4) is 0 Å². The molecule has 0 amide bonds. The Kier molecular flexibility index (Phi) is 3.25. The van der Waals surface area contributed by atoms with Crippen molar-refractivity contribution in [1.82, 2.24) is 0 Å². The lowest BCUT2D eigenvalue weighted by Gasteiger charge is -2.11. The van der Waals surface area contributed by atoms with Crippen LogP contribution >= 0.6 is 0 Å². The molecule has 80 valence electrons. The summed E-state index contributed by atoms with van der Waals surface area (Å²) in [6, 6.07) is 4.58. The van der Waals surface area contributed by atoms with Gasteiger partial charge in [0.15, 0.2) is 6.61 Å². The van der Waals surface area contributed by atoms with Gasteiger partial charge in [-0.25, -0.2) is 0 Å². The van der Waals surface area contributed by atoms with Crippen molar-refractivity contribution in [1.29, 1.82) is 0 Å².